The van der Waals surface area contributed by atoms with Crippen molar-refractivity contribution in [3.8, 4) is 0 Å². The van der Waals surface area contributed by atoms with Crippen molar-refractivity contribution in [1.29, 1.82) is 0 Å². The predicted octanol–water partition coefficient (Wildman–Crippen LogP) is 1.17. The van der Waals surface area contributed by atoms with Gasteiger partial charge in [-0.05, 0) is 5.92 Å². The lowest BCUT2D eigenvalue weighted by molar-refractivity contribution is 0.167. The monoisotopic (exact) mass is 130 g/mol. The molecule has 0 saturated heterocycles. The minimum absolute atomic E-state index is 0.405. The molecule has 0 aliphatic rings. The number of carbonyl (C=O) groups is 1. The van der Waals surface area contributed by atoms with Crippen molar-refractivity contribution in [1.82, 2.24) is 5.32 Å². The first-order valence-electron chi connectivity index (χ1n) is 3.11. The Bertz CT molecular complexity index is 93.1. The molecule has 1 amide bonds. The van der Waals surface area contributed by atoms with Crippen LogP contribution >= 0.6 is 0 Å². The van der Waals surface area contributed by atoms with Crippen LogP contribution in [0.1, 0.15) is 20.3 Å². The minimum atomic E-state index is -1.18. The van der Waals surface area contributed by atoms with E-state index in [2.05, 4.69) is 5.32 Å². The third kappa shape index (κ3) is 5.14. The molecule has 0 aromatic heterocycles. The fourth-order valence-electron chi connectivity index (χ4n) is 0.402. The summed E-state index contributed by atoms with van der Waals surface area (Å²) in [6, 6.07) is 0. The summed E-state index contributed by atoms with van der Waals surface area (Å²) in [4.78, 5) is 9.80. The first kappa shape index (κ1) is 8.27. The first-order chi connectivity index (χ1) is 4.16. The highest BCUT2D eigenvalue weighted by Crippen LogP contribution is 1.96. The van der Waals surface area contributed by atoms with Crippen molar-refractivity contribution in [3.63, 3.8) is 0 Å². The summed E-state index contributed by atoms with van der Waals surface area (Å²) in [6.45, 7) is 4.50. The molecule has 0 aromatic rings. The molecule has 0 bridgehead atoms. The van der Waals surface area contributed by atoms with Gasteiger partial charge >= 0.3 is 6.09 Å². The van der Waals surface area contributed by atoms with Gasteiger partial charge < -0.3 is 5.32 Å². The van der Waals surface area contributed by atoms with Gasteiger partial charge in [-0.25, -0.2) is 9.90 Å². The van der Waals surface area contributed by atoms with E-state index < -0.39 is 6.09 Å². The van der Waals surface area contributed by atoms with Gasteiger partial charge in [0.05, 0.1) is 0 Å². The van der Waals surface area contributed by atoms with Gasteiger partial charge in [0.1, 0.15) is 0 Å². The van der Waals surface area contributed by atoms with E-state index in [1.807, 2.05) is 13.8 Å². The van der Waals surface area contributed by atoms with Gasteiger partial charge in [0, 0.05) is 6.54 Å². The Morgan fingerprint density at radius 3 is 2.56 bits per heavy atom. The van der Waals surface area contributed by atoms with Crippen molar-refractivity contribution < 1.29 is 9.90 Å². The molecule has 1 atom stereocenters. The molecule has 0 saturated carbocycles. The molecular formula is C6H12NO2. The third-order valence-corrected chi connectivity index (χ3v) is 1.29. The highest BCUT2D eigenvalue weighted by molar-refractivity contribution is 5.63. The van der Waals surface area contributed by atoms with Crippen LogP contribution in [0.2, 0.25) is 0 Å². The van der Waals surface area contributed by atoms with Crippen molar-refractivity contribution >= 4 is 6.09 Å². The Morgan fingerprint density at radius 1 is 1.67 bits per heavy atom. The third-order valence-electron chi connectivity index (χ3n) is 1.29. The van der Waals surface area contributed by atoms with Crippen LogP contribution in [0.25, 0.3) is 0 Å². The molecular weight excluding hydrogens is 118 g/mol. The lowest BCUT2D eigenvalue weighted by atomic mass is 10.1. The molecule has 0 heterocycles. The number of hydrogen-bond donors (Lipinski definition) is 1. The normalized spacial score (nSPS) is 12.7. The van der Waals surface area contributed by atoms with E-state index in [1.165, 1.54) is 0 Å². The van der Waals surface area contributed by atoms with Crippen molar-refractivity contribution in [2.24, 2.45) is 5.92 Å². The molecule has 0 aliphatic heterocycles. The molecule has 1 N–H and O–H groups in total. The number of rotatable bonds is 3. The van der Waals surface area contributed by atoms with Gasteiger partial charge in [-0.15, -0.1) is 0 Å². The Kier molecular flexibility index (Phi) is 3.84. The second-order valence-electron chi connectivity index (χ2n) is 2.18. The molecule has 0 spiro atoms. The molecule has 0 rings (SSSR count). The lowest BCUT2D eigenvalue weighted by Crippen LogP contribution is -2.25. The Labute approximate surface area is 55.1 Å². The molecule has 3 heteroatoms. The number of amides is 1. The zero-order valence-corrected chi connectivity index (χ0v) is 5.81. The predicted molar refractivity (Wildman–Crippen MR) is 33.5 cm³/mol. The van der Waals surface area contributed by atoms with Crippen LogP contribution in [-0.4, -0.2) is 12.6 Å². The smallest absolute Gasteiger partial charge is 0.318 e. The summed E-state index contributed by atoms with van der Waals surface area (Å²) in [5.74, 6) is 0.405. The summed E-state index contributed by atoms with van der Waals surface area (Å²) in [6.07, 6.45) is -0.199. The molecule has 0 aliphatic carbocycles. The van der Waals surface area contributed by atoms with E-state index in [0.29, 0.717) is 12.5 Å². The molecule has 1 unspecified atom stereocenters. The maximum atomic E-state index is 9.80. The topological polar surface area (TPSA) is 49.0 Å². The quantitative estimate of drug-likeness (QED) is 0.612. The zero-order chi connectivity index (χ0) is 7.28. The largest absolute Gasteiger partial charge is 0.450 e. The van der Waals surface area contributed by atoms with Crippen molar-refractivity contribution in [3.05, 3.63) is 0 Å². The Balaban J connectivity index is 3.16. The van der Waals surface area contributed by atoms with Gasteiger partial charge in [0.15, 0.2) is 0 Å². The SMILES string of the molecule is CCC(C)CNC([O])=O. The fraction of sp³-hybridized carbons (Fsp3) is 0.833. The van der Waals surface area contributed by atoms with Gasteiger partial charge in [-0.3, -0.25) is 0 Å². The van der Waals surface area contributed by atoms with Crippen LogP contribution in [0, 0.1) is 5.92 Å². The molecule has 53 valence electrons. The summed E-state index contributed by atoms with van der Waals surface area (Å²) in [5, 5.41) is 12.0. The highest BCUT2D eigenvalue weighted by atomic mass is 16.4. The Morgan fingerprint density at radius 2 is 2.22 bits per heavy atom. The second-order valence-corrected chi connectivity index (χ2v) is 2.18. The average Bonchev–Trinajstić information content (AvgIpc) is 1.83. The molecule has 0 fully saturated rings. The highest BCUT2D eigenvalue weighted by Gasteiger charge is 2.00. The summed E-state index contributed by atoms with van der Waals surface area (Å²) in [5.41, 5.74) is 0. The van der Waals surface area contributed by atoms with Crippen LogP contribution in [-0.2, 0) is 5.11 Å². The van der Waals surface area contributed by atoms with E-state index in [0.717, 1.165) is 6.42 Å². The van der Waals surface area contributed by atoms with Crippen molar-refractivity contribution in [2.75, 3.05) is 6.54 Å². The summed E-state index contributed by atoms with van der Waals surface area (Å²) in [7, 11) is 0. The second kappa shape index (κ2) is 4.18. The van der Waals surface area contributed by atoms with Gasteiger partial charge in [0.2, 0.25) is 0 Å². The molecule has 1 radical (unpaired) electrons. The van der Waals surface area contributed by atoms with E-state index in [-0.39, 0.29) is 0 Å². The van der Waals surface area contributed by atoms with E-state index >= 15 is 0 Å². The van der Waals surface area contributed by atoms with Crippen LogP contribution in [0.3, 0.4) is 0 Å². The molecule has 3 nitrogen and oxygen atoms in total. The zero-order valence-electron chi connectivity index (χ0n) is 5.81. The van der Waals surface area contributed by atoms with E-state index in [4.69, 9.17) is 0 Å². The van der Waals surface area contributed by atoms with Crippen LogP contribution < -0.4 is 5.32 Å². The van der Waals surface area contributed by atoms with Crippen LogP contribution in [0.5, 0.6) is 0 Å². The Hall–Kier alpha value is -0.730. The molecule has 9 heavy (non-hydrogen) atoms. The van der Waals surface area contributed by atoms with Gasteiger partial charge in [-0.2, -0.15) is 0 Å². The average molecular weight is 130 g/mol. The minimum Gasteiger partial charge on any atom is -0.318 e. The van der Waals surface area contributed by atoms with Crippen LogP contribution in [0.4, 0.5) is 4.79 Å². The van der Waals surface area contributed by atoms with E-state index in [1.54, 1.807) is 0 Å². The number of nitrogens with one attached hydrogen (secondary N) is 1. The van der Waals surface area contributed by atoms with Crippen molar-refractivity contribution in [2.45, 2.75) is 20.3 Å². The summed E-state index contributed by atoms with van der Waals surface area (Å²) >= 11 is 0. The number of hydrogen-bond acceptors (Lipinski definition) is 1. The first-order valence-corrected chi connectivity index (χ1v) is 3.11. The standard InChI is InChI=1S/C6H12NO2/c1-3-5(2)4-7-6(8)9/h5,7H,3-4H2,1-2H3. The van der Waals surface area contributed by atoms with Gasteiger partial charge in [0.25, 0.3) is 0 Å². The maximum Gasteiger partial charge on any atom is 0.450 e. The lowest BCUT2D eigenvalue weighted by Gasteiger charge is -2.04. The van der Waals surface area contributed by atoms with Crippen LogP contribution in [0.15, 0.2) is 0 Å². The number of carbonyl (C=O) groups excluding carboxylic acids is 1. The summed E-state index contributed by atoms with van der Waals surface area (Å²) < 4.78 is 0. The van der Waals surface area contributed by atoms with Gasteiger partial charge in [-0.1, -0.05) is 20.3 Å². The molecule has 0 aromatic carbocycles. The van der Waals surface area contributed by atoms with E-state index in [9.17, 15) is 9.90 Å². The maximum absolute atomic E-state index is 9.80. The fourth-order valence-corrected chi connectivity index (χ4v) is 0.402.